The van der Waals surface area contributed by atoms with Gasteiger partial charge in [-0.25, -0.2) is 4.98 Å². The molecule has 0 aromatic carbocycles. The highest BCUT2D eigenvalue weighted by Gasteiger charge is 2.09. The lowest BCUT2D eigenvalue weighted by Gasteiger charge is -2.05. The molecule has 2 rings (SSSR count). The van der Waals surface area contributed by atoms with E-state index >= 15 is 0 Å². The number of nitriles is 1. The average molecular weight is 246 g/mol. The van der Waals surface area contributed by atoms with Gasteiger partial charge >= 0.3 is 0 Å². The standard InChI is InChI=1S/C11H10N4OS/c12-3-4-13-10(16)8-15-6-5-14-11(15)9-2-1-7-17-9/h1-2,5-7H,4,8H2,(H,13,16). The molecule has 0 aliphatic rings. The zero-order valence-corrected chi connectivity index (χ0v) is 9.78. The molecular formula is C11H10N4OS. The van der Waals surface area contributed by atoms with Crippen molar-refractivity contribution in [3.63, 3.8) is 0 Å². The highest BCUT2D eigenvalue weighted by Crippen LogP contribution is 2.22. The van der Waals surface area contributed by atoms with Crippen molar-refractivity contribution in [1.82, 2.24) is 14.9 Å². The molecule has 0 fully saturated rings. The molecule has 17 heavy (non-hydrogen) atoms. The Balaban J connectivity index is 2.10. The van der Waals surface area contributed by atoms with Gasteiger partial charge < -0.3 is 9.88 Å². The second kappa shape index (κ2) is 5.27. The molecule has 2 aromatic rings. The molecule has 0 unspecified atom stereocenters. The van der Waals surface area contributed by atoms with E-state index in [1.54, 1.807) is 28.3 Å². The van der Waals surface area contributed by atoms with E-state index in [9.17, 15) is 4.79 Å². The number of nitrogens with zero attached hydrogens (tertiary/aromatic N) is 3. The van der Waals surface area contributed by atoms with Gasteiger partial charge in [0.25, 0.3) is 0 Å². The van der Waals surface area contributed by atoms with E-state index < -0.39 is 0 Å². The van der Waals surface area contributed by atoms with Crippen molar-refractivity contribution in [3.8, 4) is 16.8 Å². The number of carbonyl (C=O) groups is 1. The predicted molar refractivity (Wildman–Crippen MR) is 64.2 cm³/mol. The Hall–Kier alpha value is -2.13. The number of hydrogen-bond donors (Lipinski definition) is 1. The molecule has 86 valence electrons. The second-order valence-corrected chi connectivity index (χ2v) is 4.24. The summed E-state index contributed by atoms with van der Waals surface area (Å²) in [4.78, 5) is 16.7. The van der Waals surface area contributed by atoms with E-state index in [1.807, 2.05) is 23.6 Å². The minimum absolute atomic E-state index is 0.0296. The molecule has 0 aliphatic heterocycles. The van der Waals surface area contributed by atoms with Crippen LogP contribution in [-0.2, 0) is 11.3 Å². The molecule has 0 atom stereocenters. The van der Waals surface area contributed by atoms with Crippen molar-refractivity contribution in [3.05, 3.63) is 29.9 Å². The number of carbonyl (C=O) groups excluding carboxylic acids is 1. The predicted octanol–water partition coefficient (Wildman–Crippen LogP) is 1.25. The van der Waals surface area contributed by atoms with Gasteiger partial charge in [0, 0.05) is 12.4 Å². The summed E-state index contributed by atoms with van der Waals surface area (Å²) in [6, 6.07) is 5.76. The number of thiophene rings is 1. The van der Waals surface area contributed by atoms with Gasteiger partial charge in [0.15, 0.2) is 0 Å². The Bertz CT molecular complexity index is 538. The van der Waals surface area contributed by atoms with Crippen LogP contribution in [0.4, 0.5) is 0 Å². The summed E-state index contributed by atoms with van der Waals surface area (Å²) >= 11 is 1.57. The quantitative estimate of drug-likeness (QED) is 0.825. The van der Waals surface area contributed by atoms with E-state index in [1.165, 1.54) is 0 Å². The third-order valence-electron chi connectivity index (χ3n) is 2.14. The van der Waals surface area contributed by atoms with Crippen LogP contribution in [0.15, 0.2) is 29.9 Å². The molecule has 5 nitrogen and oxygen atoms in total. The van der Waals surface area contributed by atoms with Crippen LogP contribution in [0, 0.1) is 11.3 Å². The van der Waals surface area contributed by atoms with Crippen LogP contribution in [0.2, 0.25) is 0 Å². The lowest BCUT2D eigenvalue weighted by atomic mass is 10.4. The fourth-order valence-electron chi connectivity index (χ4n) is 1.42. The normalized spacial score (nSPS) is 9.82. The number of hydrogen-bond acceptors (Lipinski definition) is 4. The minimum Gasteiger partial charge on any atom is -0.341 e. The monoisotopic (exact) mass is 246 g/mol. The van der Waals surface area contributed by atoms with Crippen LogP contribution in [-0.4, -0.2) is 22.0 Å². The third kappa shape index (κ3) is 2.71. The summed E-state index contributed by atoms with van der Waals surface area (Å²) < 4.78 is 1.76. The molecule has 6 heteroatoms. The lowest BCUT2D eigenvalue weighted by Crippen LogP contribution is -2.27. The Kier molecular flexibility index (Phi) is 3.52. The average Bonchev–Trinajstić information content (AvgIpc) is 2.95. The van der Waals surface area contributed by atoms with E-state index in [0.29, 0.717) is 0 Å². The Morgan fingerprint density at radius 2 is 2.53 bits per heavy atom. The summed E-state index contributed by atoms with van der Waals surface area (Å²) in [7, 11) is 0. The molecule has 2 aromatic heterocycles. The van der Waals surface area contributed by atoms with Gasteiger partial charge in [-0.05, 0) is 11.4 Å². The molecule has 0 spiro atoms. The van der Waals surface area contributed by atoms with Crippen LogP contribution in [0.3, 0.4) is 0 Å². The number of imidazole rings is 1. The molecule has 0 radical (unpaired) electrons. The van der Waals surface area contributed by atoms with Gasteiger partial charge in [0.2, 0.25) is 5.91 Å². The summed E-state index contributed by atoms with van der Waals surface area (Å²) in [6.07, 6.45) is 3.41. The Morgan fingerprint density at radius 1 is 1.65 bits per heavy atom. The highest BCUT2D eigenvalue weighted by atomic mass is 32.1. The third-order valence-corrected chi connectivity index (χ3v) is 3.00. The van der Waals surface area contributed by atoms with Crippen molar-refractivity contribution < 1.29 is 4.79 Å². The largest absolute Gasteiger partial charge is 0.341 e. The van der Waals surface area contributed by atoms with Crippen molar-refractivity contribution >= 4 is 17.2 Å². The van der Waals surface area contributed by atoms with Gasteiger partial charge in [-0.3, -0.25) is 4.79 Å². The lowest BCUT2D eigenvalue weighted by molar-refractivity contribution is -0.121. The molecule has 0 saturated heterocycles. The first-order valence-corrected chi connectivity index (χ1v) is 5.88. The zero-order chi connectivity index (χ0) is 12.1. The topological polar surface area (TPSA) is 70.7 Å². The number of rotatable bonds is 4. The van der Waals surface area contributed by atoms with Crippen molar-refractivity contribution in [1.29, 1.82) is 5.26 Å². The summed E-state index contributed by atoms with van der Waals surface area (Å²) in [5.41, 5.74) is 0. The zero-order valence-electron chi connectivity index (χ0n) is 8.96. The maximum absolute atomic E-state index is 11.5. The molecule has 1 N–H and O–H groups in total. The van der Waals surface area contributed by atoms with Crippen molar-refractivity contribution in [2.24, 2.45) is 0 Å². The van der Waals surface area contributed by atoms with Gasteiger partial charge in [0.1, 0.15) is 18.9 Å². The Labute approximate surface area is 102 Å². The van der Waals surface area contributed by atoms with E-state index in [4.69, 9.17) is 5.26 Å². The smallest absolute Gasteiger partial charge is 0.240 e. The van der Waals surface area contributed by atoms with Crippen LogP contribution >= 0.6 is 11.3 Å². The minimum atomic E-state index is -0.192. The summed E-state index contributed by atoms with van der Waals surface area (Å²) in [5, 5.41) is 12.8. The number of aromatic nitrogens is 2. The Morgan fingerprint density at radius 3 is 3.24 bits per heavy atom. The first-order chi connectivity index (χ1) is 8.31. The maximum atomic E-state index is 11.5. The fourth-order valence-corrected chi connectivity index (χ4v) is 2.15. The van der Waals surface area contributed by atoms with Crippen LogP contribution < -0.4 is 5.32 Å². The molecule has 0 bridgehead atoms. The molecule has 0 aliphatic carbocycles. The SMILES string of the molecule is N#CCNC(=O)Cn1ccnc1-c1cccs1. The van der Waals surface area contributed by atoms with Gasteiger partial charge in [-0.2, -0.15) is 5.26 Å². The first-order valence-electron chi connectivity index (χ1n) is 5.00. The van der Waals surface area contributed by atoms with Gasteiger partial charge in [-0.1, -0.05) is 6.07 Å². The maximum Gasteiger partial charge on any atom is 0.240 e. The van der Waals surface area contributed by atoms with Crippen molar-refractivity contribution in [2.45, 2.75) is 6.54 Å². The van der Waals surface area contributed by atoms with Gasteiger partial charge in [0.05, 0.1) is 10.9 Å². The summed E-state index contributed by atoms with van der Waals surface area (Å²) in [6.45, 7) is 0.205. The van der Waals surface area contributed by atoms with Gasteiger partial charge in [-0.15, -0.1) is 11.3 Å². The second-order valence-electron chi connectivity index (χ2n) is 3.29. The highest BCUT2D eigenvalue weighted by molar-refractivity contribution is 7.13. The first kappa shape index (κ1) is 11.4. The van der Waals surface area contributed by atoms with E-state index in [-0.39, 0.29) is 19.0 Å². The van der Waals surface area contributed by atoms with E-state index in [2.05, 4.69) is 10.3 Å². The van der Waals surface area contributed by atoms with E-state index in [0.717, 1.165) is 10.7 Å². The number of nitrogens with one attached hydrogen (secondary N) is 1. The number of amides is 1. The molecule has 0 saturated carbocycles. The van der Waals surface area contributed by atoms with Crippen LogP contribution in [0.1, 0.15) is 0 Å². The molecule has 2 heterocycles. The molecule has 1 amide bonds. The van der Waals surface area contributed by atoms with Crippen molar-refractivity contribution in [2.75, 3.05) is 6.54 Å². The fraction of sp³-hybridized carbons (Fsp3) is 0.182. The van der Waals surface area contributed by atoms with Crippen LogP contribution in [0.25, 0.3) is 10.7 Å². The summed E-state index contributed by atoms with van der Waals surface area (Å²) in [5.74, 6) is 0.578. The molecular weight excluding hydrogens is 236 g/mol. The van der Waals surface area contributed by atoms with Crippen LogP contribution in [0.5, 0.6) is 0 Å².